The molecule has 2 aromatic carbocycles. The molecule has 0 fully saturated rings. The van der Waals surface area contributed by atoms with E-state index in [2.05, 4.69) is 0 Å². The van der Waals surface area contributed by atoms with Crippen molar-refractivity contribution in [2.24, 2.45) is 0 Å². The number of nitrogens with zero attached hydrogens (tertiary/aromatic N) is 1. The maximum Gasteiger partial charge on any atom is 0.264 e. The Bertz CT molecular complexity index is 882. The predicted molar refractivity (Wildman–Crippen MR) is 81.6 cm³/mol. The molecule has 0 unspecified atom stereocenters. The summed E-state index contributed by atoms with van der Waals surface area (Å²) in [5, 5.41) is 0. The number of nitrogens with one attached hydrogen (secondary N) is 1. The molecule has 0 bridgehead atoms. The molecule has 0 spiro atoms. The van der Waals surface area contributed by atoms with E-state index in [1.807, 2.05) is 4.72 Å². The average molecular weight is 358 g/mol. The molecule has 0 radical (unpaired) electrons. The highest BCUT2D eigenvalue weighted by Gasteiger charge is 2.24. The molecule has 24 heavy (non-hydrogen) atoms. The number of anilines is 1. The number of carbonyl (C=O) groups excluding carboxylic acids is 1. The molecule has 2 rings (SSSR count). The lowest BCUT2D eigenvalue weighted by molar-refractivity contribution is 0.0827. The molecule has 0 aliphatic carbocycles. The Labute approximate surface area is 136 Å². The van der Waals surface area contributed by atoms with Crippen molar-refractivity contribution in [1.29, 1.82) is 0 Å². The highest BCUT2D eigenvalue weighted by Crippen LogP contribution is 2.22. The van der Waals surface area contributed by atoms with Gasteiger partial charge in [-0.05, 0) is 36.4 Å². The fourth-order valence-electron chi connectivity index (χ4n) is 1.86. The summed E-state index contributed by atoms with van der Waals surface area (Å²) in [5.74, 6) is -5.44. The Balaban J connectivity index is 2.30. The fourth-order valence-corrected chi connectivity index (χ4v) is 2.99. The van der Waals surface area contributed by atoms with Crippen LogP contribution in [-0.2, 0) is 10.0 Å². The van der Waals surface area contributed by atoms with Gasteiger partial charge in [-0.2, -0.15) is 0 Å². The summed E-state index contributed by atoms with van der Waals surface area (Å²) in [6.07, 6.45) is 0. The minimum absolute atomic E-state index is 0.0365. The highest BCUT2D eigenvalue weighted by molar-refractivity contribution is 7.92. The molecule has 0 aromatic heterocycles. The molecule has 0 aliphatic heterocycles. The summed E-state index contributed by atoms with van der Waals surface area (Å²) in [7, 11) is -1.34. The highest BCUT2D eigenvalue weighted by atomic mass is 32.2. The lowest BCUT2D eigenvalue weighted by Gasteiger charge is -2.12. The molecule has 2 aromatic rings. The molecular formula is C15H13F3N2O3S. The number of halogens is 3. The smallest absolute Gasteiger partial charge is 0.264 e. The minimum Gasteiger partial charge on any atom is -0.345 e. The summed E-state index contributed by atoms with van der Waals surface area (Å²) in [4.78, 5) is 12.1. The molecule has 0 saturated carbocycles. The van der Waals surface area contributed by atoms with Crippen LogP contribution < -0.4 is 4.72 Å². The molecule has 1 N–H and O–H groups in total. The standard InChI is InChI=1S/C15H13F3N2O3S/c1-20(2)15(21)9-3-5-10(6-4-9)19-24(22,23)12-8-7-11(16)13(17)14(12)18/h3-8,19H,1-2H3. The quantitative estimate of drug-likeness (QED) is 0.855. The molecule has 0 heterocycles. The zero-order valence-electron chi connectivity index (χ0n) is 12.7. The van der Waals surface area contributed by atoms with E-state index in [4.69, 9.17) is 0 Å². The van der Waals surface area contributed by atoms with Crippen LogP contribution in [-0.4, -0.2) is 33.3 Å². The molecule has 1 amide bonds. The van der Waals surface area contributed by atoms with E-state index in [0.29, 0.717) is 17.7 Å². The summed E-state index contributed by atoms with van der Waals surface area (Å²) in [6.45, 7) is 0. The summed E-state index contributed by atoms with van der Waals surface area (Å²) < 4.78 is 66.0. The van der Waals surface area contributed by atoms with Crippen LogP contribution in [0.2, 0.25) is 0 Å². The third kappa shape index (κ3) is 3.51. The Morgan fingerprint density at radius 2 is 1.54 bits per heavy atom. The first-order valence-electron chi connectivity index (χ1n) is 6.61. The average Bonchev–Trinajstić information content (AvgIpc) is 2.52. The van der Waals surface area contributed by atoms with E-state index in [1.165, 1.54) is 29.2 Å². The van der Waals surface area contributed by atoms with Crippen molar-refractivity contribution in [3.63, 3.8) is 0 Å². The van der Waals surface area contributed by atoms with Crippen molar-refractivity contribution in [1.82, 2.24) is 4.90 Å². The van der Waals surface area contributed by atoms with Gasteiger partial charge in [-0.3, -0.25) is 9.52 Å². The molecular weight excluding hydrogens is 345 g/mol. The van der Waals surface area contributed by atoms with E-state index >= 15 is 0 Å². The van der Waals surface area contributed by atoms with Gasteiger partial charge in [0.1, 0.15) is 4.90 Å². The first-order valence-corrected chi connectivity index (χ1v) is 8.10. The second-order valence-corrected chi connectivity index (χ2v) is 6.71. The van der Waals surface area contributed by atoms with Gasteiger partial charge in [0.2, 0.25) is 0 Å². The van der Waals surface area contributed by atoms with E-state index in [0.717, 1.165) is 0 Å². The van der Waals surface area contributed by atoms with Crippen LogP contribution in [0.5, 0.6) is 0 Å². The van der Waals surface area contributed by atoms with Gasteiger partial charge in [-0.15, -0.1) is 0 Å². The lowest BCUT2D eigenvalue weighted by Crippen LogP contribution is -2.21. The number of hydrogen-bond donors (Lipinski definition) is 1. The maximum atomic E-state index is 13.6. The number of hydrogen-bond acceptors (Lipinski definition) is 3. The van der Waals surface area contributed by atoms with Gasteiger partial charge in [0, 0.05) is 25.3 Å². The molecule has 5 nitrogen and oxygen atoms in total. The van der Waals surface area contributed by atoms with Gasteiger partial charge >= 0.3 is 0 Å². The monoisotopic (exact) mass is 358 g/mol. The topological polar surface area (TPSA) is 66.5 Å². The van der Waals surface area contributed by atoms with E-state index < -0.39 is 32.4 Å². The fraction of sp³-hybridized carbons (Fsp3) is 0.133. The van der Waals surface area contributed by atoms with Crippen LogP contribution in [0.25, 0.3) is 0 Å². The Hall–Kier alpha value is -2.55. The van der Waals surface area contributed by atoms with Gasteiger partial charge in [0.25, 0.3) is 15.9 Å². The predicted octanol–water partition coefficient (Wildman–Crippen LogP) is 2.61. The lowest BCUT2D eigenvalue weighted by atomic mass is 10.2. The van der Waals surface area contributed by atoms with Crippen molar-refractivity contribution in [3.8, 4) is 0 Å². The second-order valence-electron chi connectivity index (χ2n) is 5.06. The van der Waals surface area contributed by atoms with Crippen LogP contribution in [0.1, 0.15) is 10.4 Å². The minimum atomic E-state index is -4.46. The van der Waals surface area contributed by atoms with Gasteiger partial charge in [-0.25, -0.2) is 21.6 Å². The number of carbonyl (C=O) groups is 1. The molecule has 0 aliphatic rings. The van der Waals surface area contributed by atoms with Gasteiger partial charge in [-0.1, -0.05) is 0 Å². The summed E-state index contributed by atoms with van der Waals surface area (Å²) in [6, 6.07) is 6.49. The van der Waals surface area contributed by atoms with Crippen molar-refractivity contribution in [3.05, 3.63) is 59.4 Å². The molecule has 0 saturated heterocycles. The number of sulfonamides is 1. The zero-order chi connectivity index (χ0) is 18.1. The number of rotatable bonds is 4. The zero-order valence-corrected chi connectivity index (χ0v) is 13.5. The molecule has 0 atom stereocenters. The largest absolute Gasteiger partial charge is 0.345 e. The van der Waals surface area contributed by atoms with Crippen molar-refractivity contribution in [2.75, 3.05) is 18.8 Å². The second kappa shape index (κ2) is 6.52. The first kappa shape index (κ1) is 17.8. The van der Waals surface area contributed by atoms with Crippen molar-refractivity contribution < 1.29 is 26.4 Å². The summed E-state index contributed by atoms with van der Waals surface area (Å²) in [5.41, 5.74) is 0.358. The Morgan fingerprint density at radius 1 is 0.958 bits per heavy atom. The normalized spacial score (nSPS) is 11.2. The van der Waals surface area contributed by atoms with Crippen LogP contribution >= 0.6 is 0 Å². The maximum absolute atomic E-state index is 13.6. The Morgan fingerprint density at radius 3 is 2.08 bits per heavy atom. The van der Waals surface area contributed by atoms with E-state index in [-0.39, 0.29) is 11.6 Å². The summed E-state index contributed by atoms with van der Waals surface area (Å²) >= 11 is 0. The third-order valence-corrected chi connectivity index (χ3v) is 4.48. The van der Waals surface area contributed by atoms with Crippen LogP contribution in [0.3, 0.4) is 0 Å². The van der Waals surface area contributed by atoms with Crippen molar-refractivity contribution in [2.45, 2.75) is 4.90 Å². The SMILES string of the molecule is CN(C)C(=O)c1ccc(NS(=O)(=O)c2ccc(F)c(F)c2F)cc1. The first-order chi connectivity index (χ1) is 11.1. The number of amides is 1. The number of benzene rings is 2. The molecule has 128 valence electrons. The third-order valence-electron chi connectivity index (χ3n) is 3.08. The van der Waals surface area contributed by atoms with Crippen LogP contribution in [0.15, 0.2) is 41.3 Å². The Kier molecular flexibility index (Phi) is 4.83. The van der Waals surface area contributed by atoms with Gasteiger partial charge in [0.15, 0.2) is 17.5 Å². The van der Waals surface area contributed by atoms with Gasteiger partial charge in [0.05, 0.1) is 0 Å². The van der Waals surface area contributed by atoms with Crippen LogP contribution in [0.4, 0.5) is 18.9 Å². The molecule has 9 heteroatoms. The van der Waals surface area contributed by atoms with Crippen LogP contribution in [0, 0.1) is 17.5 Å². The van der Waals surface area contributed by atoms with Crippen molar-refractivity contribution >= 4 is 21.6 Å². The van der Waals surface area contributed by atoms with E-state index in [9.17, 15) is 26.4 Å². The van der Waals surface area contributed by atoms with Gasteiger partial charge < -0.3 is 4.90 Å². The van der Waals surface area contributed by atoms with E-state index in [1.54, 1.807) is 14.1 Å².